The molecule has 0 unspecified atom stereocenters. The van der Waals surface area contributed by atoms with Crippen LogP contribution in [0.2, 0.25) is 0 Å². The van der Waals surface area contributed by atoms with Crippen molar-refractivity contribution < 1.29 is 0 Å². The molecule has 6 aliphatic rings. The van der Waals surface area contributed by atoms with Crippen molar-refractivity contribution in [2.45, 2.75) is 199 Å². The number of benzene rings is 8. The first-order valence-electron chi connectivity index (χ1n) is 30.4. The van der Waals surface area contributed by atoms with Crippen LogP contribution < -0.4 is 0 Å². The van der Waals surface area contributed by atoms with Gasteiger partial charge in [0, 0.05) is 43.0 Å². The van der Waals surface area contributed by atoms with Crippen LogP contribution in [0.15, 0.2) is 72.8 Å². The molecule has 8 aromatic rings. The number of unbranched alkanes of at least 4 members (excludes halogenated alkanes) is 12. The molecule has 388 valence electrons. The Morgan fingerprint density at radius 3 is 0.737 bits per heavy atom. The van der Waals surface area contributed by atoms with Crippen LogP contribution in [0.25, 0.3) is 87.6 Å². The Morgan fingerprint density at radius 1 is 0.276 bits per heavy atom. The second-order valence-electron chi connectivity index (χ2n) is 24.7. The van der Waals surface area contributed by atoms with E-state index in [1.54, 1.807) is 77.5 Å². The number of aryl methyl sites for hydroxylation is 4. The molecule has 0 nitrogen and oxygen atoms in total. The van der Waals surface area contributed by atoms with E-state index in [1.165, 1.54) is 180 Å². The lowest BCUT2D eigenvalue weighted by atomic mass is 9.69. The summed E-state index contributed by atoms with van der Waals surface area (Å²) in [6, 6.07) is 31.7. The van der Waals surface area contributed by atoms with Gasteiger partial charge in [-0.05, 0) is 230 Å². The predicted molar refractivity (Wildman–Crippen MR) is 341 cm³/mol. The number of fused-ring (bicyclic) bond motifs is 16. The molecule has 76 heavy (non-hydrogen) atoms. The molecule has 0 fully saturated rings. The van der Waals surface area contributed by atoms with Crippen molar-refractivity contribution in [2.24, 2.45) is 0 Å². The molecule has 0 spiro atoms. The molecule has 14 rings (SSSR count). The molecular formula is C72H72Br4. The highest BCUT2D eigenvalue weighted by molar-refractivity contribution is 9.10. The van der Waals surface area contributed by atoms with Gasteiger partial charge in [-0.15, -0.1) is 0 Å². The van der Waals surface area contributed by atoms with E-state index in [4.69, 9.17) is 63.7 Å². The van der Waals surface area contributed by atoms with E-state index in [1.807, 2.05) is 0 Å². The van der Waals surface area contributed by atoms with Gasteiger partial charge in [-0.25, -0.2) is 0 Å². The number of halogens is 4. The predicted octanol–water partition coefficient (Wildman–Crippen LogP) is 23.9. The van der Waals surface area contributed by atoms with Crippen LogP contribution in [0, 0.1) is 0 Å². The van der Waals surface area contributed by atoms with E-state index >= 15 is 0 Å². The summed E-state index contributed by atoms with van der Waals surface area (Å²) in [6.45, 7) is 9.45. The smallest absolute Gasteiger partial charge is 0.0476 e. The number of hydrogen-bond donors (Lipinski definition) is 0. The summed E-state index contributed by atoms with van der Waals surface area (Å²) in [5.74, 6) is 1.34. The van der Waals surface area contributed by atoms with E-state index in [9.17, 15) is 0 Å². The SMILES string of the molecule is CCCCCCc1c2c3c(CCCCCC)c4cc5c(cc14)-c1ccc4c6c(ccc-5c16)[C@H]1[C@@H]4[C@H](Br)c4c(c(CCCCCC)c5cc6c(cc5c4CCCCCC)-c4ccc5c7c(ccc-6c47)[C@@H]([C@@H]5[C@@H]2Br)[C@H]3Br)[C@@H]1Br. The van der Waals surface area contributed by atoms with Crippen LogP contribution in [0.4, 0.5) is 0 Å². The summed E-state index contributed by atoms with van der Waals surface area (Å²) in [5.41, 5.74) is 30.9. The van der Waals surface area contributed by atoms with Crippen LogP contribution in [-0.2, 0) is 25.7 Å². The molecule has 0 saturated carbocycles. The fraction of sp³-hybridized carbons (Fsp3) is 0.444. The maximum absolute atomic E-state index is 4.75. The van der Waals surface area contributed by atoms with Crippen molar-refractivity contribution in [3.05, 3.63) is 140 Å². The fourth-order valence-electron chi connectivity index (χ4n) is 17.5. The molecule has 8 atom stereocenters. The molecule has 6 aliphatic carbocycles. The van der Waals surface area contributed by atoms with E-state index < -0.39 is 0 Å². The highest BCUT2D eigenvalue weighted by Gasteiger charge is 2.52. The Hall–Kier alpha value is -3.28. The van der Waals surface area contributed by atoms with Gasteiger partial charge in [0.15, 0.2) is 0 Å². The molecular weight excluding hydrogens is 1180 g/mol. The fourth-order valence-corrected chi connectivity index (χ4v) is 22.1. The largest absolute Gasteiger partial charge is 0.0832 e. The lowest BCUT2D eigenvalue weighted by molar-refractivity contribution is 0.509. The normalized spacial score (nSPS) is 22.7. The monoisotopic (exact) mass is 1250 g/mol. The van der Waals surface area contributed by atoms with Crippen LogP contribution in [0.5, 0.6) is 0 Å². The zero-order valence-corrected chi connectivity index (χ0v) is 51.5. The van der Waals surface area contributed by atoms with Gasteiger partial charge >= 0.3 is 0 Å². The van der Waals surface area contributed by atoms with Gasteiger partial charge in [-0.2, -0.15) is 0 Å². The third-order valence-corrected chi connectivity index (χ3v) is 24.9. The Kier molecular flexibility index (Phi) is 12.6. The van der Waals surface area contributed by atoms with E-state index in [-0.39, 0.29) is 19.3 Å². The van der Waals surface area contributed by atoms with Crippen LogP contribution in [0.1, 0.15) is 240 Å². The average Bonchev–Trinajstić information content (AvgIpc) is 4.31. The van der Waals surface area contributed by atoms with Crippen molar-refractivity contribution in [1.29, 1.82) is 0 Å². The van der Waals surface area contributed by atoms with Gasteiger partial charge in [0.1, 0.15) is 0 Å². The lowest BCUT2D eigenvalue weighted by Crippen LogP contribution is -2.26. The summed E-state index contributed by atoms with van der Waals surface area (Å²) >= 11 is 19.0. The first-order valence-corrected chi connectivity index (χ1v) is 34.0. The van der Waals surface area contributed by atoms with E-state index in [0.29, 0.717) is 23.7 Å². The summed E-state index contributed by atoms with van der Waals surface area (Å²) in [6.07, 6.45) is 24.8. The highest BCUT2D eigenvalue weighted by atomic mass is 79.9. The maximum atomic E-state index is 4.75. The Balaban J connectivity index is 1.07. The Bertz CT molecular complexity index is 3300. The molecule has 0 bridgehead atoms. The maximum Gasteiger partial charge on any atom is 0.0476 e. The summed E-state index contributed by atoms with van der Waals surface area (Å²) in [5, 5.41) is 12.3. The highest BCUT2D eigenvalue weighted by Crippen LogP contribution is 2.71. The molecule has 0 saturated heterocycles. The minimum absolute atomic E-state index is 0.214. The summed E-state index contributed by atoms with van der Waals surface area (Å²) in [4.78, 5) is 0.857. The molecule has 0 N–H and O–H groups in total. The van der Waals surface area contributed by atoms with Gasteiger partial charge in [-0.3, -0.25) is 0 Å². The number of hydrogen-bond acceptors (Lipinski definition) is 0. The molecule has 0 radical (unpaired) electrons. The van der Waals surface area contributed by atoms with Crippen LogP contribution in [-0.4, -0.2) is 0 Å². The minimum atomic E-state index is 0.214. The first-order chi connectivity index (χ1) is 37.3. The zero-order chi connectivity index (χ0) is 51.4. The average molecular weight is 1260 g/mol. The van der Waals surface area contributed by atoms with Gasteiger partial charge in [0.2, 0.25) is 0 Å². The quantitative estimate of drug-likeness (QED) is 0.0527. The lowest BCUT2D eigenvalue weighted by Gasteiger charge is -2.41. The van der Waals surface area contributed by atoms with Crippen molar-refractivity contribution >= 4 is 107 Å². The molecule has 4 heteroatoms. The van der Waals surface area contributed by atoms with E-state index in [0.717, 1.165) is 25.7 Å². The van der Waals surface area contributed by atoms with Gasteiger partial charge in [0.25, 0.3) is 0 Å². The van der Waals surface area contributed by atoms with Crippen molar-refractivity contribution in [3.8, 4) is 44.5 Å². The minimum Gasteiger partial charge on any atom is -0.0832 e. The standard InChI is InChI=1S/C72H72Br4/c1-5-9-13-17-21-37-49-33-53-41-25-30-47-60-48-32-27-42(57(41)60)54(53)34-50(49)38(22-18-14-10-6-2)62-61(37)69(73)65-45-29-26-43-55-35-51-39(23-19-15-11-7-3)63-64(72(76)68(48)67(47)71(63)75)40(24-20-16-12-8-4)52(51)36-56(55)44-28-31-46(59(45)58(43)44)66(65)70(62)74/h25-36,65-72H,5-24H2,1-4H3/t65-,66+,67-,68+,69-,70+,71-,72+. The van der Waals surface area contributed by atoms with Crippen molar-refractivity contribution in [3.63, 3.8) is 0 Å². The second kappa shape index (κ2) is 19.2. The van der Waals surface area contributed by atoms with Crippen LogP contribution in [0.3, 0.4) is 0 Å². The first kappa shape index (κ1) is 49.7. The summed E-state index contributed by atoms with van der Waals surface area (Å²) < 4.78 is 0. The third kappa shape index (κ3) is 6.81. The van der Waals surface area contributed by atoms with Gasteiger partial charge < -0.3 is 0 Å². The summed E-state index contributed by atoms with van der Waals surface area (Å²) in [7, 11) is 0. The van der Waals surface area contributed by atoms with Crippen molar-refractivity contribution in [1.82, 2.24) is 0 Å². The van der Waals surface area contributed by atoms with Gasteiger partial charge in [-0.1, -0.05) is 217 Å². The molecule has 8 aromatic carbocycles. The number of rotatable bonds is 20. The molecule has 0 aromatic heterocycles. The molecule has 0 heterocycles. The Labute approximate surface area is 485 Å². The van der Waals surface area contributed by atoms with Gasteiger partial charge in [0.05, 0.1) is 0 Å². The van der Waals surface area contributed by atoms with Crippen molar-refractivity contribution in [2.75, 3.05) is 0 Å². The Morgan fingerprint density at radius 2 is 0.513 bits per heavy atom. The number of alkyl halides is 4. The molecule has 0 aliphatic heterocycles. The second-order valence-corrected chi connectivity index (χ2v) is 28.7. The third-order valence-electron chi connectivity index (χ3n) is 20.8. The van der Waals surface area contributed by atoms with E-state index in [2.05, 4.69) is 100 Å². The zero-order valence-electron chi connectivity index (χ0n) is 45.2. The molecule has 0 amide bonds. The topological polar surface area (TPSA) is 0 Å². The van der Waals surface area contributed by atoms with Crippen LogP contribution >= 0.6 is 63.7 Å².